The summed E-state index contributed by atoms with van der Waals surface area (Å²) in [6, 6.07) is 20.3. The molecule has 6 rings (SSSR count). The van der Waals surface area contributed by atoms with Crippen molar-refractivity contribution in [1.29, 1.82) is 0 Å². The van der Waals surface area contributed by atoms with Crippen LogP contribution in [0.5, 0.6) is 0 Å². The third kappa shape index (κ3) is 7.00. The fraction of sp³-hybridized carbons (Fsp3) is 0.194. The average Bonchev–Trinajstić information content (AvgIpc) is 3.46. The van der Waals surface area contributed by atoms with Crippen LogP contribution in [0, 0.1) is 5.82 Å². The Balaban J connectivity index is 1.27. The van der Waals surface area contributed by atoms with E-state index in [-0.39, 0.29) is 49.1 Å². The normalized spacial score (nSPS) is 14.7. The molecule has 46 heavy (non-hydrogen) atoms. The number of carbonyl (C=O) groups is 2. The number of furan rings is 1. The highest BCUT2D eigenvalue weighted by atomic mass is 35.5. The van der Waals surface area contributed by atoms with E-state index in [0.29, 0.717) is 45.7 Å². The first kappa shape index (κ1) is 31.1. The fourth-order valence-electron chi connectivity index (χ4n) is 5.46. The van der Waals surface area contributed by atoms with E-state index in [4.69, 9.17) is 21.8 Å². The second kappa shape index (κ2) is 12.8. The molecule has 0 spiro atoms. The zero-order valence-corrected chi connectivity index (χ0v) is 25.4. The Hall–Kier alpha value is -4.89. The second-order valence-corrected chi connectivity index (χ2v) is 11.8. The van der Waals surface area contributed by atoms with Crippen LogP contribution in [0.2, 0.25) is 5.02 Å². The topological polar surface area (TPSA) is 89.4 Å². The molecule has 2 aromatic heterocycles. The van der Waals surface area contributed by atoms with Gasteiger partial charge in [0.05, 0.1) is 0 Å². The summed E-state index contributed by atoms with van der Waals surface area (Å²) in [5, 5.41) is 0.968. The highest BCUT2D eigenvalue weighted by Gasteiger charge is 2.35. The molecular formula is C36H29ClF3N3O3. The number of likely N-dealkylation sites (tertiary alicyclic amines) is 1. The number of carbonyl (C=O) groups excluding carboxylic acids is 2. The second-order valence-electron chi connectivity index (χ2n) is 11.3. The van der Waals surface area contributed by atoms with Crippen LogP contribution < -0.4 is 5.73 Å². The summed E-state index contributed by atoms with van der Waals surface area (Å²) in [5.74, 6) is -2.70. The SMILES string of the molecule is Nc1ccc(/C=C/C(=O)CCc2cc3cc(-c4ccc(C(=O)N5CCC(F)(F)CC5)cc4)cc(-c4ccc(Cl)cc4F)c3o2)cn1. The van der Waals surface area contributed by atoms with Crippen molar-refractivity contribution in [1.82, 2.24) is 9.88 Å². The third-order valence-corrected chi connectivity index (χ3v) is 8.26. The van der Waals surface area contributed by atoms with Gasteiger partial charge in [-0.25, -0.2) is 18.2 Å². The Labute approximate surface area is 268 Å². The summed E-state index contributed by atoms with van der Waals surface area (Å²) in [5.41, 5.74) is 9.53. The molecule has 0 radical (unpaired) electrons. The van der Waals surface area contributed by atoms with Gasteiger partial charge in [0.25, 0.3) is 11.8 Å². The lowest BCUT2D eigenvalue weighted by Crippen LogP contribution is -2.42. The lowest BCUT2D eigenvalue weighted by atomic mass is 9.95. The van der Waals surface area contributed by atoms with Gasteiger partial charge in [-0.05, 0) is 89.5 Å². The Bertz CT molecular complexity index is 1940. The molecule has 5 aromatic rings. The van der Waals surface area contributed by atoms with E-state index in [9.17, 15) is 18.4 Å². The van der Waals surface area contributed by atoms with Gasteiger partial charge in [-0.3, -0.25) is 9.59 Å². The minimum absolute atomic E-state index is 0.00500. The number of pyridine rings is 1. The Kier molecular flexibility index (Phi) is 8.69. The van der Waals surface area contributed by atoms with Crippen LogP contribution in [0.1, 0.15) is 40.9 Å². The zero-order chi connectivity index (χ0) is 32.4. The summed E-state index contributed by atoms with van der Waals surface area (Å²) < 4.78 is 48.5. The molecule has 0 aliphatic carbocycles. The van der Waals surface area contributed by atoms with Gasteiger partial charge in [-0.1, -0.05) is 23.7 Å². The lowest BCUT2D eigenvalue weighted by molar-refractivity contribution is -0.114. The maximum atomic E-state index is 15.2. The molecule has 1 amide bonds. The lowest BCUT2D eigenvalue weighted by Gasteiger charge is -2.31. The number of fused-ring (bicyclic) bond motifs is 1. The zero-order valence-electron chi connectivity index (χ0n) is 24.6. The maximum absolute atomic E-state index is 15.2. The molecule has 2 N–H and O–H groups in total. The number of nitrogens with two attached hydrogens (primary N) is 1. The highest BCUT2D eigenvalue weighted by molar-refractivity contribution is 6.30. The van der Waals surface area contributed by atoms with Crippen molar-refractivity contribution >= 4 is 46.2 Å². The molecule has 3 aromatic carbocycles. The van der Waals surface area contributed by atoms with Crippen LogP contribution >= 0.6 is 11.6 Å². The number of amides is 1. The summed E-state index contributed by atoms with van der Waals surface area (Å²) in [6.07, 6.45) is 4.56. The number of allylic oxidation sites excluding steroid dienone is 1. The largest absolute Gasteiger partial charge is 0.460 e. The quantitative estimate of drug-likeness (QED) is 0.171. The molecule has 0 unspecified atom stereocenters. The van der Waals surface area contributed by atoms with Crippen LogP contribution in [0.3, 0.4) is 0 Å². The van der Waals surface area contributed by atoms with E-state index in [1.807, 2.05) is 12.1 Å². The van der Waals surface area contributed by atoms with Crippen LogP contribution in [-0.4, -0.2) is 40.6 Å². The van der Waals surface area contributed by atoms with Crippen LogP contribution in [0.25, 0.3) is 39.3 Å². The van der Waals surface area contributed by atoms with Crippen molar-refractivity contribution in [2.45, 2.75) is 31.6 Å². The van der Waals surface area contributed by atoms with Crippen LogP contribution in [-0.2, 0) is 11.2 Å². The van der Waals surface area contributed by atoms with Gasteiger partial charge < -0.3 is 15.1 Å². The number of nitrogens with zero attached hydrogens (tertiary/aromatic N) is 2. The van der Waals surface area contributed by atoms with Gasteiger partial charge in [0.2, 0.25) is 0 Å². The van der Waals surface area contributed by atoms with Crippen molar-refractivity contribution in [3.63, 3.8) is 0 Å². The van der Waals surface area contributed by atoms with Gasteiger partial charge in [-0.15, -0.1) is 0 Å². The summed E-state index contributed by atoms with van der Waals surface area (Å²) in [7, 11) is 0. The molecule has 1 fully saturated rings. The average molecular weight is 644 g/mol. The molecule has 1 aliphatic rings. The van der Waals surface area contributed by atoms with E-state index < -0.39 is 11.7 Å². The van der Waals surface area contributed by atoms with Crippen molar-refractivity contribution < 1.29 is 27.2 Å². The number of alkyl halides is 2. The number of hydrogen-bond acceptors (Lipinski definition) is 5. The molecule has 0 atom stereocenters. The number of ketones is 1. The summed E-state index contributed by atoms with van der Waals surface area (Å²) in [6.45, 7) is 0.00999. The predicted molar refractivity (Wildman–Crippen MR) is 173 cm³/mol. The summed E-state index contributed by atoms with van der Waals surface area (Å²) in [4.78, 5) is 31.0. The third-order valence-electron chi connectivity index (χ3n) is 8.02. The van der Waals surface area contributed by atoms with Crippen LogP contribution in [0.15, 0.2) is 89.5 Å². The molecule has 234 valence electrons. The minimum atomic E-state index is -2.74. The van der Waals surface area contributed by atoms with E-state index >= 15 is 4.39 Å². The Morgan fingerprint density at radius 2 is 1.72 bits per heavy atom. The molecule has 6 nitrogen and oxygen atoms in total. The number of aryl methyl sites for hydroxylation is 1. The van der Waals surface area contributed by atoms with E-state index in [0.717, 1.165) is 16.7 Å². The van der Waals surface area contributed by atoms with E-state index in [2.05, 4.69) is 4.98 Å². The van der Waals surface area contributed by atoms with Crippen molar-refractivity contribution in [2.24, 2.45) is 0 Å². The Morgan fingerprint density at radius 1 is 0.957 bits per heavy atom. The minimum Gasteiger partial charge on any atom is -0.460 e. The van der Waals surface area contributed by atoms with Gasteiger partial charge in [-0.2, -0.15) is 0 Å². The molecular weight excluding hydrogens is 615 g/mol. The number of piperidine rings is 1. The standard InChI is InChI=1S/C36H29ClF3N3O3/c37-27-7-11-30(32(38)20-27)31-19-25(23-3-5-24(6-4-23)35(45)43-15-13-36(39,40)14-16-43)17-26-18-29(46-34(26)31)10-9-28(44)8-1-22-2-12-33(41)42-21-22/h1-8,11-12,17-21H,9-10,13-16H2,(H2,41,42)/b8-1+. The van der Waals surface area contributed by atoms with Crippen molar-refractivity contribution in [3.8, 4) is 22.3 Å². The van der Waals surface area contributed by atoms with Crippen LogP contribution in [0.4, 0.5) is 19.0 Å². The predicted octanol–water partition coefficient (Wildman–Crippen LogP) is 8.62. The number of halogens is 4. The molecule has 3 heterocycles. The fourth-order valence-corrected chi connectivity index (χ4v) is 5.62. The molecule has 1 aliphatic heterocycles. The van der Waals surface area contributed by atoms with E-state index in [1.165, 1.54) is 17.0 Å². The van der Waals surface area contributed by atoms with Gasteiger partial charge in [0.15, 0.2) is 5.78 Å². The summed E-state index contributed by atoms with van der Waals surface area (Å²) >= 11 is 6.03. The molecule has 0 bridgehead atoms. The van der Waals surface area contributed by atoms with Crippen molar-refractivity contribution in [3.05, 3.63) is 113 Å². The number of aromatic nitrogens is 1. The van der Waals surface area contributed by atoms with Gasteiger partial charge >= 0.3 is 0 Å². The number of rotatable bonds is 8. The van der Waals surface area contributed by atoms with Crippen molar-refractivity contribution in [2.75, 3.05) is 18.8 Å². The number of benzene rings is 3. The molecule has 0 saturated carbocycles. The van der Waals surface area contributed by atoms with Gasteiger partial charge in [0, 0.05) is 72.1 Å². The first-order valence-corrected chi connectivity index (χ1v) is 15.1. The smallest absolute Gasteiger partial charge is 0.253 e. The number of anilines is 1. The maximum Gasteiger partial charge on any atom is 0.253 e. The highest BCUT2D eigenvalue weighted by Crippen LogP contribution is 2.38. The number of hydrogen-bond donors (Lipinski definition) is 1. The van der Waals surface area contributed by atoms with Gasteiger partial charge in [0.1, 0.15) is 23.0 Å². The number of nitrogen functional groups attached to an aromatic ring is 1. The Morgan fingerprint density at radius 3 is 2.41 bits per heavy atom. The first-order chi connectivity index (χ1) is 22.0. The van der Waals surface area contributed by atoms with E-state index in [1.54, 1.807) is 66.9 Å². The first-order valence-electron chi connectivity index (χ1n) is 14.8. The monoisotopic (exact) mass is 643 g/mol. The molecule has 10 heteroatoms. The molecule has 1 saturated heterocycles.